The van der Waals surface area contributed by atoms with Gasteiger partial charge in [0.25, 0.3) is 0 Å². The molecule has 0 saturated heterocycles. The van der Waals surface area contributed by atoms with Gasteiger partial charge in [0.1, 0.15) is 0 Å². The monoisotopic (exact) mass is 193 g/mol. The van der Waals surface area contributed by atoms with Crippen LogP contribution in [0.2, 0.25) is 0 Å². The fourth-order valence-corrected chi connectivity index (χ4v) is 1.12. The number of hydrogen-bond acceptors (Lipinski definition) is 3. The Morgan fingerprint density at radius 2 is 2.50 bits per heavy atom. The fourth-order valence-electron chi connectivity index (χ4n) is 1.12. The number of aliphatic hydroxyl groups is 1. The normalized spacial score (nSPS) is 10.0. The van der Waals surface area contributed by atoms with Crippen LogP contribution in [0.4, 0.5) is 0 Å². The Labute approximate surface area is 83.9 Å². The van der Waals surface area contributed by atoms with Gasteiger partial charge in [-0.15, -0.1) is 12.3 Å². The van der Waals surface area contributed by atoms with Gasteiger partial charge in [-0.1, -0.05) is 0 Å². The van der Waals surface area contributed by atoms with E-state index in [0.717, 1.165) is 25.1 Å². The first-order chi connectivity index (χ1) is 6.86. The predicted molar refractivity (Wildman–Crippen MR) is 54.5 cm³/mol. The smallest absolute Gasteiger partial charge is 0.0640 e. The Hall–Kier alpha value is -1.31. The Balaban J connectivity index is 2.26. The van der Waals surface area contributed by atoms with Crippen molar-refractivity contribution in [2.75, 3.05) is 13.2 Å². The summed E-state index contributed by atoms with van der Waals surface area (Å²) >= 11 is 0. The van der Waals surface area contributed by atoms with Gasteiger partial charge in [-0.2, -0.15) is 5.10 Å². The predicted octanol–water partition coefficient (Wildman–Crippen LogP) is -0.0117. The molecule has 2 N–H and O–H groups in total. The van der Waals surface area contributed by atoms with Crippen LogP contribution in [0.15, 0.2) is 12.4 Å². The Morgan fingerprint density at radius 1 is 1.64 bits per heavy atom. The number of rotatable bonds is 6. The third-order valence-electron chi connectivity index (χ3n) is 1.79. The Bertz CT molecular complexity index is 301. The molecule has 14 heavy (non-hydrogen) atoms. The van der Waals surface area contributed by atoms with E-state index in [-0.39, 0.29) is 6.61 Å². The average molecular weight is 193 g/mol. The van der Waals surface area contributed by atoms with Gasteiger partial charge in [-0.25, -0.2) is 0 Å². The molecule has 0 atom stereocenters. The van der Waals surface area contributed by atoms with E-state index in [4.69, 9.17) is 11.5 Å². The van der Waals surface area contributed by atoms with E-state index in [9.17, 15) is 0 Å². The van der Waals surface area contributed by atoms with E-state index >= 15 is 0 Å². The lowest BCUT2D eigenvalue weighted by Gasteiger charge is -1.98. The van der Waals surface area contributed by atoms with E-state index in [1.807, 2.05) is 6.20 Å². The van der Waals surface area contributed by atoms with Crippen molar-refractivity contribution in [1.82, 2.24) is 15.1 Å². The molecule has 0 spiro atoms. The van der Waals surface area contributed by atoms with Crippen LogP contribution in [0.1, 0.15) is 12.0 Å². The third kappa shape index (κ3) is 3.60. The van der Waals surface area contributed by atoms with Gasteiger partial charge in [0.2, 0.25) is 0 Å². The number of nitrogens with zero attached hydrogens (tertiary/aromatic N) is 2. The van der Waals surface area contributed by atoms with E-state index in [2.05, 4.69) is 16.3 Å². The zero-order valence-electron chi connectivity index (χ0n) is 8.11. The summed E-state index contributed by atoms with van der Waals surface area (Å²) in [4.78, 5) is 0. The van der Waals surface area contributed by atoms with Crippen molar-refractivity contribution in [3.05, 3.63) is 18.0 Å². The van der Waals surface area contributed by atoms with Gasteiger partial charge in [-0.05, 0) is 0 Å². The minimum absolute atomic E-state index is 0.117. The summed E-state index contributed by atoms with van der Waals surface area (Å²) in [6, 6.07) is 0. The number of nitrogens with one attached hydrogen (secondary N) is 1. The molecule has 1 aromatic heterocycles. The van der Waals surface area contributed by atoms with Crippen molar-refractivity contribution in [2.24, 2.45) is 0 Å². The molecule has 0 fully saturated rings. The van der Waals surface area contributed by atoms with Gasteiger partial charge in [0, 0.05) is 31.3 Å². The first-order valence-corrected chi connectivity index (χ1v) is 4.63. The molecule has 0 radical (unpaired) electrons. The number of aliphatic hydroxyl groups excluding tert-OH is 1. The quantitative estimate of drug-likeness (QED) is 0.493. The van der Waals surface area contributed by atoms with Crippen molar-refractivity contribution in [1.29, 1.82) is 0 Å². The zero-order valence-corrected chi connectivity index (χ0v) is 8.11. The second kappa shape index (κ2) is 6.19. The molecular weight excluding hydrogens is 178 g/mol. The molecule has 4 heteroatoms. The summed E-state index contributed by atoms with van der Waals surface area (Å²) in [6.45, 7) is 2.25. The lowest BCUT2D eigenvalue weighted by molar-refractivity contribution is 0.269. The maximum absolute atomic E-state index is 8.68. The molecule has 0 aliphatic carbocycles. The highest BCUT2D eigenvalue weighted by Crippen LogP contribution is 1.96. The third-order valence-corrected chi connectivity index (χ3v) is 1.79. The Kier molecular flexibility index (Phi) is 4.76. The maximum Gasteiger partial charge on any atom is 0.0640 e. The summed E-state index contributed by atoms with van der Waals surface area (Å²) in [5, 5.41) is 16.0. The highest BCUT2D eigenvalue weighted by molar-refractivity contribution is 5.03. The highest BCUT2D eigenvalue weighted by Gasteiger charge is 1.96. The molecular formula is C10H15N3O. The molecule has 1 rings (SSSR count). The molecule has 0 saturated carbocycles. The van der Waals surface area contributed by atoms with Gasteiger partial charge >= 0.3 is 0 Å². The van der Waals surface area contributed by atoms with Crippen molar-refractivity contribution in [2.45, 2.75) is 19.5 Å². The Morgan fingerprint density at radius 3 is 3.21 bits per heavy atom. The molecule has 0 aromatic carbocycles. The van der Waals surface area contributed by atoms with Gasteiger partial charge in [0.15, 0.2) is 0 Å². The number of terminal acetylenes is 1. The van der Waals surface area contributed by atoms with Crippen molar-refractivity contribution in [3.63, 3.8) is 0 Å². The molecule has 0 bridgehead atoms. The minimum Gasteiger partial charge on any atom is -0.394 e. The summed E-state index contributed by atoms with van der Waals surface area (Å²) in [6.07, 6.45) is 9.56. The van der Waals surface area contributed by atoms with E-state index in [1.165, 1.54) is 0 Å². The SMILES string of the molecule is C#CCCNCc1cnn(CCO)c1. The first kappa shape index (κ1) is 10.8. The maximum atomic E-state index is 8.68. The fraction of sp³-hybridized carbons (Fsp3) is 0.500. The second-order valence-corrected chi connectivity index (χ2v) is 2.97. The molecule has 0 unspecified atom stereocenters. The highest BCUT2D eigenvalue weighted by atomic mass is 16.3. The van der Waals surface area contributed by atoms with Gasteiger partial charge in [0.05, 0.1) is 19.3 Å². The van der Waals surface area contributed by atoms with Crippen molar-refractivity contribution < 1.29 is 5.11 Å². The van der Waals surface area contributed by atoms with Gasteiger partial charge in [-0.3, -0.25) is 4.68 Å². The molecule has 0 aliphatic heterocycles. The van der Waals surface area contributed by atoms with Crippen LogP contribution in [-0.2, 0) is 13.1 Å². The summed E-state index contributed by atoms with van der Waals surface area (Å²) < 4.78 is 1.72. The lowest BCUT2D eigenvalue weighted by Crippen LogP contribution is -2.13. The van der Waals surface area contributed by atoms with Crippen LogP contribution in [0.25, 0.3) is 0 Å². The van der Waals surface area contributed by atoms with Crippen LogP contribution >= 0.6 is 0 Å². The number of hydrogen-bond donors (Lipinski definition) is 2. The molecule has 76 valence electrons. The number of aromatic nitrogens is 2. The van der Waals surface area contributed by atoms with Gasteiger partial charge < -0.3 is 10.4 Å². The van der Waals surface area contributed by atoms with Crippen molar-refractivity contribution in [3.8, 4) is 12.3 Å². The van der Waals surface area contributed by atoms with Crippen LogP contribution in [-0.4, -0.2) is 28.0 Å². The van der Waals surface area contributed by atoms with Crippen LogP contribution < -0.4 is 5.32 Å². The van der Waals surface area contributed by atoms with E-state index in [0.29, 0.717) is 6.54 Å². The first-order valence-electron chi connectivity index (χ1n) is 4.63. The van der Waals surface area contributed by atoms with Crippen molar-refractivity contribution >= 4 is 0 Å². The van der Waals surface area contributed by atoms with Crippen LogP contribution in [0.5, 0.6) is 0 Å². The molecule has 4 nitrogen and oxygen atoms in total. The second-order valence-electron chi connectivity index (χ2n) is 2.97. The topological polar surface area (TPSA) is 50.1 Å². The largest absolute Gasteiger partial charge is 0.394 e. The standard InChI is InChI=1S/C10H15N3O/c1-2-3-4-11-7-10-8-12-13(9-10)5-6-14/h1,8-9,11,14H,3-7H2. The average Bonchev–Trinajstić information content (AvgIpc) is 2.61. The summed E-state index contributed by atoms with van der Waals surface area (Å²) in [5.41, 5.74) is 1.11. The lowest BCUT2D eigenvalue weighted by atomic mass is 10.3. The zero-order chi connectivity index (χ0) is 10.2. The molecule has 0 amide bonds. The van der Waals surface area contributed by atoms with E-state index < -0.39 is 0 Å². The van der Waals surface area contributed by atoms with Crippen LogP contribution in [0.3, 0.4) is 0 Å². The van der Waals surface area contributed by atoms with E-state index in [1.54, 1.807) is 10.9 Å². The summed E-state index contributed by atoms with van der Waals surface area (Å²) in [5.74, 6) is 2.56. The molecule has 1 aromatic rings. The summed E-state index contributed by atoms with van der Waals surface area (Å²) in [7, 11) is 0. The molecule has 0 aliphatic rings. The molecule has 1 heterocycles. The minimum atomic E-state index is 0.117. The van der Waals surface area contributed by atoms with Crippen LogP contribution in [0, 0.1) is 12.3 Å².